The minimum absolute atomic E-state index is 0.0482. The zero-order valence-electron chi connectivity index (χ0n) is 11.7. The quantitative estimate of drug-likeness (QED) is 0.388. The lowest BCUT2D eigenvalue weighted by atomic mass is 10.3. The number of rotatable bonds is 0. The maximum atomic E-state index is 9.73. The molecule has 0 saturated carbocycles. The standard InChI is InChI=1S/C14H8O2S8/c15-5-3-7-8(4-6(5)16)20-12-11(19-7)23-14(24-12)13-21-9-10(22-13)18-2-1-17-9/h3-4,15-16H,1-2H2. The molecule has 0 spiro atoms. The van der Waals surface area contributed by atoms with Gasteiger partial charge in [-0.15, -0.1) is 23.5 Å². The molecule has 4 aliphatic rings. The summed E-state index contributed by atoms with van der Waals surface area (Å²) in [5, 5.41) is 19.5. The van der Waals surface area contributed by atoms with Gasteiger partial charge in [0.1, 0.15) is 0 Å². The zero-order chi connectivity index (χ0) is 16.3. The molecule has 0 amide bonds. The topological polar surface area (TPSA) is 40.5 Å². The van der Waals surface area contributed by atoms with E-state index in [0.717, 1.165) is 9.79 Å². The van der Waals surface area contributed by atoms with Crippen molar-refractivity contribution >= 4 is 94.1 Å². The van der Waals surface area contributed by atoms with Crippen LogP contribution in [0.3, 0.4) is 0 Å². The third-order valence-corrected chi connectivity index (χ3v) is 15.1. The number of benzene rings is 1. The van der Waals surface area contributed by atoms with Crippen molar-refractivity contribution in [1.82, 2.24) is 0 Å². The van der Waals surface area contributed by atoms with Gasteiger partial charge in [0.15, 0.2) is 11.5 Å². The van der Waals surface area contributed by atoms with Gasteiger partial charge in [-0.3, -0.25) is 0 Å². The number of aromatic hydroxyl groups is 2. The molecule has 0 saturated heterocycles. The Balaban J connectivity index is 1.39. The average Bonchev–Trinajstić information content (AvgIpc) is 3.17. The van der Waals surface area contributed by atoms with E-state index in [0.29, 0.717) is 0 Å². The van der Waals surface area contributed by atoms with Crippen LogP contribution in [0.25, 0.3) is 0 Å². The molecule has 0 radical (unpaired) electrons. The van der Waals surface area contributed by atoms with Crippen molar-refractivity contribution < 1.29 is 10.2 Å². The largest absolute Gasteiger partial charge is 0.504 e. The number of hydrogen-bond acceptors (Lipinski definition) is 10. The summed E-state index contributed by atoms with van der Waals surface area (Å²) in [6.45, 7) is 0. The van der Waals surface area contributed by atoms with Gasteiger partial charge in [0, 0.05) is 21.3 Å². The minimum atomic E-state index is -0.0482. The first-order valence-electron chi connectivity index (χ1n) is 6.79. The fraction of sp³-hybridized carbons (Fsp3) is 0.143. The second-order valence-corrected chi connectivity index (χ2v) is 14.8. The van der Waals surface area contributed by atoms with Gasteiger partial charge in [0.05, 0.1) is 25.4 Å². The highest BCUT2D eigenvalue weighted by Crippen LogP contribution is 2.69. The van der Waals surface area contributed by atoms with Crippen molar-refractivity contribution in [1.29, 1.82) is 0 Å². The van der Waals surface area contributed by atoms with Gasteiger partial charge >= 0.3 is 0 Å². The Morgan fingerprint density at radius 3 is 1.38 bits per heavy atom. The van der Waals surface area contributed by atoms with Gasteiger partial charge in [-0.1, -0.05) is 70.6 Å². The highest BCUT2D eigenvalue weighted by atomic mass is 32.3. The Kier molecular flexibility index (Phi) is 4.79. The molecule has 0 aromatic heterocycles. The van der Waals surface area contributed by atoms with Crippen molar-refractivity contribution in [3.05, 3.63) is 37.6 Å². The predicted octanol–water partition coefficient (Wildman–Crippen LogP) is 7.12. The van der Waals surface area contributed by atoms with Gasteiger partial charge in [0.2, 0.25) is 0 Å². The summed E-state index contributed by atoms with van der Waals surface area (Å²) in [6, 6.07) is 3.32. The second-order valence-electron chi connectivity index (χ2n) is 4.82. The number of phenols is 2. The van der Waals surface area contributed by atoms with Crippen LogP contribution >= 0.6 is 94.1 Å². The molecule has 4 heterocycles. The van der Waals surface area contributed by atoms with Crippen molar-refractivity contribution in [2.24, 2.45) is 0 Å². The average molecular weight is 465 g/mol. The van der Waals surface area contributed by atoms with Crippen LogP contribution in [0.1, 0.15) is 0 Å². The molecule has 0 fully saturated rings. The summed E-state index contributed by atoms with van der Waals surface area (Å²) in [5.74, 6) is 2.33. The SMILES string of the molecule is Oc1cc2c(cc1O)SC1=C(SC(=C3SC4=C(SCCS4)S3)S1)S2. The van der Waals surface area contributed by atoms with E-state index in [4.69, 9.17) is 0 Å². The molecule has 0 unspecified atom stereocenters. The van der Waals surface area contributed by atoms with Crippen LogP contribution in [0.15, 0.2) is 47.3 Å². The zero-order valence-corrected chi connectivity index (χ0v) is 18.3. The maximum Gasteiger partial charge on any atom is 0.158 e. The van der Waals surface area contributed by atoms with Crippen molar-refractivity contribution in [2.75, 3.05) is 11.5 Å². The first-order chi connectivity index (χ1) is 11.7. The third kappa shape index (κ3) is 3.04. The maximum absolute atomic E-state index is 9.73. The summed E-state index contributed by atoms with van der Waals surface area (Å²) in [5.41, 5.74) is 0. The highest BCUT2D eigenvalue weighted by molar-refractivity contribution is 8.45. The Morgan fingerprint density at radius 2 is 0.917 bits per heavy atom. The Hall–Kier alpha value is 0.840. The first kappa shape index (κ1) is 17.0. The van der Waals surface area contributed by atoms with Gasteiger partial charge in [0.25, 0.3) is 0 Å². The van der Waals surface area contributed by atoms with Gasteiger partial charge in [-0.05, 0) is 12.1 Å². The van der Waals surface area contributed by atoms with Crippen molar-refractivity contribution in [3.63, 3.8) is 0 Å². The van der Waals surface area contributed by atoms with Crippen LogP contribution in [-0.2, 0) is 0 Å². The monoisotopic (exact) mass is 464 g/mol. The van der Waals surface area contributed by atoms with Gasteiger partial charge in [-0.2, -0.15) is 0 Å². The van der Waals surface area contributed by atoms with Crippen LogP contribution < -0.4 is 0 Å². The first-order valence-corrected chi connectivity index (χ1v) is 13.7. The molecule has 10 heteroatoms. The van der Waals surface area contributed by atoms with E-state index < -0.39 is 0 Å². The fourth-order valence-electron chi connectivity index (χ4n) is 2.18. The molecule has 5 rings (SSSR count). The summed E-state index contributed by atoms with van der Waals surface area (Å²) < 4.78 is 8.30. The molecule has 2 nitrogen and oxygen atoms in total. The van der Waals surface area contributed by atoms with Crippen molar-refractivity contribution in [2.45, 2.75) is 9.79 Å². The molecule has 24 heavy (non-hydrogen) atoms. The summed E-state index contributed by atoms with van der Waals surface area (Å²) in [6.07, 6.45) is 0. The summed E-state index contributed by atoms with van der Waals surface area (Å²) >= 11 is 14.9. The van der Waals surface area contributed by atoms with E-state index in [1.807, 2.05) is 70.6 Å². The lowest BCUT2D eigenvalue weighted by Gasteiger charge is -2.15. The highest BCUT2D eigenvalue weighted by Gasteiger charge is 2.34. The summed E-state index contributed by atoms with van der Waals surface area (Å²) in [4.78, 5) is 2.03. The number of hydrogen-bond donors (Lipinski definition) is 2. The normalized spacial score (nSPS) is 22.8. The number of fused-ring (bicyclic) bond motifs is 1. The smallest absolute Gasteiger partial charge is 0.158 e. The van der Waals surface area contributed by atoms with Crippen LogP contribution in [0.4, 0.5) is 0 Å². The Bertz CT molecular complexity index is 792. The Labute approximate surface area is 173 Å². The molecular formula is C14H8O2S8. The molecule has 0 atom stereocenters. The molecule has 1 aromatic rings. The molecule has 0 aliphatic carbocycles. The molecular weight excluding hydrogens is 457 g/mol. The number of thioether (sulfide) groups is 8. The van der Waals surface area contributed by atoms with Gasteiger partial charge in [-0.25, -0.2) is 0 Å². The Morgan fingerprint density at radius 1 is 0.542 bits per heavy atom. The lowest BCUT2D eigenvalue weighted by molar-refractivity contribution is 0.401. The van der Waals surface area contributed by atoms with Gasteiger partial charge < -0.3 is 10.2 Å². The van der Waals surface area contributed by atoms with E-state index >= 15 is 0 Å². The molecule has 4 aliphatic heterocycles. The van der Waals surface area contributed by atoms with E-state index in [1.54, 1.807) is 35.7 Å². The minimum Gasteiger partial charge on any atom is -0.504 e. The molecule has 0 bridgehead atoms. The van der Waals surface area contributed by atoms with Crippen molar-refractivity contribution in [3.8, 4) is 11.5 Å². The molecule has 124 valence electrons. The predicted molar refractivity (Wildman–Crippen MR) is 118 cm³/mol. The van der Waals surface area contributed by atoms with E-state index in [9.17, 15) is 10.2 Å². The second kappa shape index (κ2) is 6.78. The third-order valence-electron chi connectivity index (χ3n) is 3.24. The molecule has 2 N–H and O–H groups in total. The number of phenolic OH excluding ortho intramolecular Hbond substituents is 2. The van der Waals surface area contributed by atoms with Crippen LogP contribution in [-0.4, -0.2) is 21.7 Å². The summed E-state index contributed by atoms with van der Waals surface area (Å²) in [7, 11) is 0. The van der Waals surface area contributed by atoms with Crippen LogP contribution in [0, 0.1) is 0 Å². The van der Waals surface area contributed by atoms with E-state index in [1.165, 1.54) is 36.9 Å². The van der Waals surface area contributed by atoms with E-state index in [2.05, 4.69) is 0 Å². The lowest BCUT2D eigenvalue weighted by Crippen LogP contribution is -1.88. The fourth-order valence-corrected chi connectivity index (χ4v) is 14.3. The van der Waals surface area contributed by atoms with Crippen LogP contribution in [0.5, 0.6) is 11.5 Å². The molecule has 1 aromatic carbocycles. The van der Waals surface area contributed by atoms with E-state index in [-0.39, 0.29) is 11.5 Å². The van der Waals surface area contributed by atoms with Crippen LogP contribution in [0.2, 0.25) is 0 Å².